The summed E-state index contributed by atoms with van der Waals surface area (Å²) in [5, 5.41) is 0. The van der Waals surface area contributed by atoms with E-state index in [-0.39, 0.29) is 17.7 Å². The molecule has 3 nitrogen and oxygen atoms in total. The summed E-state index contributed by atoms with van der Waals surface area (Å²) in [6.45, 7) is 0.0419. The van der Waals surface area contributed by atoms with Crippen LogP contribution < -0.4 is 5.73 Å². The molecule has 0 bridgehead atoms. The molecule has 0 aliphatic carbocycles. The highest BCUT2D eigenvalue weighted by molar-refractivity contribution is 5.92. The molecule has 0 aliphatic heterocycles. The van der Waals surface area contributed by atoms with Crippen LogP contribution in [0.5, 0.6) is 0 Å². The van der Waals surface area contributed by atoms with Crippen LogP contribution in [-0.2, 0) is 6.54 Å². The Labute approximate surface area is 132 Å². The largest absolute Gasteiger partial charge is 0.408 e. The third-order valence-corrected chi connectivity index (χ3v) is 3.51. The fourth-order valence-electron chi connectivity index (χ4n) is 2.53. The van der Waals surface area contributed by atoms with Gasteiger partial charge in [-0.05, 0) is 30.3 Å². The van der Waals surface area contributed by atoms with Gasteiger partial charge < -0.3 is 5.73 Å². The second-order valence-corrected chi connectivity index (χ2v) is 5.33. The number of carbonyl (C=O) groups is 1. The lowest BCUT2D eigenvalue weighted by Crippen LogP contribution is -2.35. The van der Waals surface area contributed by atoms with Crippen molar-refractivity contribution in [1.82, 2.24) is 4.90 Å². The minimum Gasteiger partial charge on any atom is -0.366 e. The minimum absolute atomic E-state index is 0.0419. The van der Waals surface area contributed by atoms with Gasteiger partial charge in [-0.3, -0.25) is 9.69 Å². The molecule has 0 saturated heterocycles. The number of halogens is 3. The van der Waals surface area contributed by atoms with Gasteiger partial charge in [-0.2, -0.15) is 13.2 Å². The number of primary amides is 1. The first kappa shape index (κ1) is 17.0. The van der Waals surface area contributed by atoms with Crippen LogP contribution in [0.2, 0.25) is 0 Å². The normalized spacial score (nSPS) is 13.1. The molecular formula is C17H17F3N2O. The highest BCUT2D eigenvalue weighted by atomic mass is 19.4. The van der Waals surface area contributed by atoms with E-state index < -0.39 is 18.1 Å². The van der Waals surface area contributed by atoms with Gasteiger partial charge >= 0.3 is 6.18 Å². The highest BCUT2D eigenvalue weighted by Crippen LogP contribution is 2.37. The highest BCUT2D eigenvalue weighted by Gasteiger charge is 2.43. The first-order chi connectivity index (χ1) is 10.8. The van der Waals surface area contributed by atoms with Gasteiger partial charge in [0.05, 0.1) is 0 Å². The van der Waals surface area contributed by atoms with E-state index in [1.165, 1.54) is 36.2 Å². The summed E-state index contributed by atoms with van der Waals surface area (Å²) in [7, 11) is 1.40. The lowest BCUT2D eigenvalue weighted by atomic mass is 10.0. The summed E-state index contributed by atoms with van der Waals surface area (Å²) in [5.74, 6) is -0.607. The summed E-state index contributed by atoms with van der Waals surface area (Å²) in [4.78, 5) is 12.4. The van der Waals surface area contributed by atoms with Crippen molar-refractivity contribution in [2.45, 2.75) is 18.8 Å². The first-order valence-electron chi connectivity index (χ1n) is 6.99. The minimum atomic E-state index is -4.41. The molecule has 1 amide bonds. The van der Waals surface area contributed by atoms with E-state index in [2.05, 4.69) is 0 Å². The van der Waals surface area contributed by atoms with Crippen molar-refractivity contribution >= 4 is 5.91 Å². The van der Waals surface area contributed by atoms with E-state index in [9.17, 15) is 18.0 Å². The van der Waals surface area contributed by atoms with Gasteiger partial charge in [-0.15, -0.1) is 0 Å². The van der Waals surface area contributed by atoms with E-state index in [0.29, 0.717) is 5.56 Å². The Kier molecular flexibility index (Phi) is 5.05. The molecule has 2 aromatic carbocycles. The molecule has 23 heavy (non-hydrogen) atoms. The Bertz CT molecular complexity index is 671. The molecular weight excluding hydrogens is 305 g/mol. The predicted octanol–water partition coefficient (Wildman–Crippen LogP) is 3.52. The zero-order valence-electron chi connectivity index (χ0n) is 12.5. The van der Waals surface area contributed by atoms with Crippen molar-refractivity contribution < 1.29 is 18.0 Å². The molecule has 0 fully saturated rings. The summed E-state index contributed by atoms with van der Waals surface area (Å²) in [5.41, 5.74) is 6.24. The maximum Gasteiger partial charge on any atom is 0.408 e. The van der Waals surface area contributed by atoms with E-state index in [1.54, 1.807) is 30.3 Å². The van der Waals surface area contributed by atoms with Crippen molar-refractivity contribution in [1.29, 1.82) is 0 Å². The summed E-state index contributed by atoms with van der Waals surface area (Å²) in [6.07, 6.45) is -4.41. The van der Waals surface area contributed by atoms with Gasteiger partial charge in [0.15, 0.2) is 0 Å². The van der Waals surface area contributed by atoms with Crippen molar-refractivity contribution in [2.75, 3.05) is 7.05 Å². The van der Waals surface area contributed by atoms with Gasteiger partial charge in [-0.25, -0.2) is 0 Å². The molecule has 0 radical (unpaired) electrons. The van der Waals surface area contributed by atoms with E-state index in [4.69, 9.17) is 5.73 Å². The molecule has 2 rings (SSSR count). The third kappa shape index (κ3) is 4.32. The van der Waals surface area contributed by atoms with Crippen molar-refractivity contribution in [2.24, 2.45) is 5.73 Å². The molecule has 0 aromatic heterocycles. The molecule has 122 valence electrons. The Morgan fingerprint density at radius 3 is 2.35 bits per heavy atom. The van der Waals surface area contributed by atoms with E-state index in [1.807, 2.05) is 0 Å². The average Bonchev–Trinajstić information content (AvgIpc) is 2.47. The Morgan fingerprint density at radius 2 is 1.78 bits per heavy atom. The SMILES string of the molecule is CN(Cc1cccc(C(N)=O)c1)C(c1ccccc1)C(F)(F)F. The number of amides is 1. The van der Waals surface area contributed by atoms with Crippen LogP contribution in [0.1, 0.15) is 27.5 Å². The average molecular weight is 322 g/mol. The van der Waals surface area contributed by atoms with E-state index >= 15 is 0 Å². The molecule has 2 N–H and O–H groups in total. The van der Waals surface area contributed by atoms with Crippen LogP contribution in [0.15, 0.2) is 54.6 Å². The van der Waals surface area contributed by atoms with Crippen LogP contribution in [-0.4, -0.2) is 24.0 Å². The molecule has 2 aromatic rings. The zero-order chi connectivity index (χ0) is 17.0. The van der Waals surface area contributed by atoms with Crippen LogP contribution in [0.4, 0.5) is 13.2 Å². The summed E-state index contributed by atoms with van der Waals surface area (Å²) >= 11 is 0. The molecule has 0 heterocycles. The second kappa shape index (κ2) is 6.83. The zero-order valence-corrected chi connectivity index (χ0v) is 12.5. The molecule has 6 heteroatoms. The molecule has 0 spiro atoms. The Hall–Kier alpha value is -2.34. The number of nitrogens with zero attached hydrogens (tertiary/aromatic N) is 1. The molecule has 0 saturated carbocycles. The maximum absolute atomic E-state index is 13.5. The number of hydrogen-bond donors (Lipinski definition) is 1. The number of benzene rings is 2. The standard InChI is InChI=1S/C17H17F3N2O/c1-22(11-12-6-5-9-14(10-12)16(21)23)15(17(18,19)20)13-7-3-2-4-8-13/h2-10,15H,11H2,1H3,(H2,21,23). The lowest BCUT2D eigenvalue weighted by Gasteiger charge is -2.30. The Balaban J connectivity index is 2.27. The number of nitrogens with two attached hydrogens (primary N) is 1. The third-order valence-electron chi connectivity index (χ3n) is 3.51. The van der Waals surface area contributed by atoms with Gasteiger partial charge in [0.1, 0.15) is 6.04 Å². The second-order valence-electron chi connectivity index (χ2n) is 5.33. The van der Waals surface area contributed by atoms with Crippen molar-refractivity contribution in [3.05, 3.63) is 71.3 Å². The fraction of sp³-hybridized carbons (Fsp3) is 0.235. The van der Waals surface area contributed by atoms with Gasteiger partial charge in [0.2, 0.25) is 5.91 Å². The smallest absolute Gasteiger partial charge is 0.366 e. The van der Waals surface area contributed by atoms with E-state index in [0.717, 1.165) is 0 Å². The van der Waals surface area contributed by atoms with Gasteiger partial charge in [0, 0.05) is 12.1 Å². The fourth-order valence-corrected chi connectivity index (χ4v) is 2.53. The summed E-state index contributed by atoms with van der Waals surface area (Å²) < 4.78 is 40.4. The molecule has 0 aliphatic rings. The van der Waals surface area contributed by atoms with Crippen molar-refractivity contribution in [3.63, 3.8) is 0 Å². The molecule has 1 atom stereocenters. The maximum atomic E-state index is 13.5. The first-order valence-corrected chi connectivity index (χ1v) is 6.99. The predicted molar refractivity (Wildman–Crippen MR) is 81.7 cm³/mol. The Morgan fingerprint density at radius 1 is 1.13 bits per heavy atom. The number of hydrogen-bond acceptors (Lipinski definition) is 2. The van der Waals surface area contributed by atoms with Crippen LogP contribution >= 0.6 is 0 Å². The van der Waals surface area contributed by atoms with Crippen LogP contribution in [0.25, 0.3) is 0 Å². The topological polar surface area (TPSA) is 46.3 Å². The van der Waals surface area contributed by atoms with Gasteiger partial charge in [-0.1, -0.05) is 42.5 Å². The van der Waals surface area contributed by atoms with Gasteiger partial charge in [0.25, 0.3) is 0 Å². The molecule has 1 unspecified atom stereocenters. The quantitative estimate of drug-likeness (QED) is 0.915. The van der Waals surface area contributed by atoms with Crippen LogP contribution in [0.3, 0.4) is 0 Å². The summed E-state index contributed by atoms with van der Waals surface area (Å²) in [6, 6.07) is 12.3. The monoisotopic (exact) mass is 322 g/mol. The number of rotatable bonds is 5. The van der Waals surface area contributed by atoms with Crippen LogP contribution in [0, 0.1) is 0 Å². The number of carbonyl (C=O) groups excluding carboxylic acids is 1. The lowest BCUT2D eigenvalue weighted by molar-refractivity contribution is -0.184. The van der Waals surface area contributed by atoms with Crippen molar-refractivity contribution in [3.8, 4) is 0 Å². The number of alkyl halides is 3.